The predicted molar refractivity (Wildman–Crippen MR) is 101 cm³/mol. The Labute approximate surface area is 158 Å². The second kappa shape index (κ2) is 8.09. The van der Waals surface area contributed by atoms with Crippen molar-refractivity contribution < 1.29 is 9.32 Å². The maximum atomic E-state index is 12.0. The Morgan fingerprint density at radius 3 is 2.69 bits per heavy atom. The van der Waals surface area contributed by atoms with E-state index in [1.165, 1.54) is 10.7 Å². The van der Waals surface area contributed by atoms with Crippen molar-refractivity contribution in [2.45, 2.75) is 26.3 Å². The zero-order valence-electron chi connectivity index (χ0n) is 14.1. The van der Waals surface area contributed by atoms with Crippen molar-refractivity contribution in [1.29, 1.82) is 0 Å². The van der Waals surface area contributed by atoms with Gasteiger partial charge in [-0.25, -0.2) is 4.68 Å². The number of halogens is 1. The third-order valence-electron chi connectivity index (χ3n) is 3.68. The fraction of sp³-hybridized carbons (Fsp3) is 0.222. The van der Waals surface area contributed by atoms with Gasteiger partial charge in [-0.2, -0.15) is 5.10 Å². The Hall–Kier alpha value is -2.74. The van der Waals surface area contributed by atoms with Gasteiger partial charge in [0.25, 0.3) is 5.56 Å². The van der Waals surface area contributed by atoms with E-state index in [9.17, 15) is 9.59 Å². The summed E-state index contributed by atoms with van der Waals surface area (Å²) in [5.74, 6) is 0.830. The molecule has 8 heteroatoms. The molecule has 1 N–H and O–H groups in total. The molecule has 7 nitrogen and oxygen atoms in total. The molecule has 0 fully saturated rings. The van der Waals surface area contributed by atoms with Crippen LogP contribution in [0.2, 0.25) is 0 Å². The average Bonchev–Trinajstić information content (AvgIpc) is 3.02. The molecule has 0 aliphatic carbocycles. The van der Waals surface area contributed by atoms with E-state index in [4.69, 9.17) is 4.52 Å². The average molecular weight is 417 g/mol. The Bertz CT molecular complexity index is 963. The molecule has 0 atom stereocenters. The van der Waals surface area contributed by atoms with Gasteiger partial charge in [0.2, 0.25) is 5.91 Å². The first kappa shape index (κ1) is 18.1. The highest BCUT2D eigenvalue weighted by molar-refractivity contribution is 9.10. The first-order chi connectivity index (χ1) is 12.5. The van der Waals surface area contributed by atoms with Crippen molar-refractivity contribution in [3.8, 4) is 11.3 Å². The van der Waals surface area contributed by atoms with Gasteiger partial charge in [-0.05, 0) is 31.5 Å². The lowest BCUT2D eigenvalue weighted by Gasteiger charge is -2.07. The number of amides is 1. The number of nitrogens with zero attached hydrogens (tertiary/aromatic N) is 3. The highest BCUT2D eigenvalue weighted by atomic mass is 79.9. The number of rotatable bonds is 6. The van der Waals surface area contributed by atoms with Crippen LogP contribution in [0.15, 0.2) is 56.3 Å². The molecular formula is C18H17BrN4O3. The summed E-state index contributed by atoms with van der Waals surface area (Å²) in [6.45, 7) is 2.10. The lowest BCUT2D eigenvalue weighted by molar-refractivity contribution is -0.116. The summed E-state index contributed by atoms with van der Waals surface area (Å²) in [4.78, 5) is 23.9. The Morgan fingerprint density at radius 2 is 2.00 bits per heavy atom. The molecule has 0 bridgehead atoms. The monoisotopic (exact) mass is 416 g/mol. The Balaban J connectivity index is 1.60. The molecule has 0 saturated carbocycles. The minimum absolute atomic E-state index is 0.185. The molecule has 134 valence electrons. The molecule has 0 aliphatic heterocycles. The fourth-order valence-electron chi connectivity index (χ4n) is 2.40. The third kappa shape index (κ3) is 4.66. The van der Waals surface area contributed by atoms with Gasteiger partial charge in [-0.1, -0.05) is 33.2 Å². The van der Waals surface area contributed by atoms with Crippen molar-refractivity contribution in [1.82, 2.24) is 14.9 Å². The van der Waals surface area contributed by atoms with Crippen molar-refractivity contribution in [3.63, 3.8) is 0 Å². The second-order valence-electron chi connectivity index (χ2n) is 5.76. The van der Waals surface area contributed by atoms with Crippen LogP contribution in [0.4, 0.5) is 5.82 Å². The molecule has 2 heterocycles. The zero-order chi connectivity index (χ0) is 18.5. The van der Waals surface area contributed by atoms with Crippen LogP contribution in [0.5, 0.6) is 0 Å². The SMILES string of the molecule is Cc1cc(NC(=O)CCCn2nc(-c3ccc(Br)cc3)ccc2=O)no1. The third-order valence-corrected chi connectivity index (χ3v) is 4.20. The van der Waals surface area contributed by atoms with Crippen LogP contribution in [0.3, 0.4) is 0 Å². The molecule has 0 saturated heterocycles. The molecule has 3 aromatic rings. The molecule has 3 rings (SSSR count). The molecule has 1 aromatic carbocycles. The van der Waals surface area contributed by atoms with Crippen LogP contribution >= 0.6 is 15.9 Å². The number of hydrogen-bond acceptors (Lipinski definition) is 5. The van der Waals surface area contributed by atoms with E-state index in [1.54, 1.807) is 19.1 Å². The fourth-order valence-corrected chi connectivity index (χ4v) is 2.67. The zero-order valence-corrected chi connectivity index (χ0v) is 15.7. The quantitative estimate of drug-likeness (QED) is 0.664. The number of aryl methyl sites for hydroxylation is 2. The Kier molecular flexibility index (Phi) is 5.62. The molecule has 0 unspecified atom stereocenters. The molecule has 1 amide bonds. The van der Waals surface area contributed by atoms with Gasteiger partial charge in [-0.15, -0.1) is 0 Å². The van der Waals surface area contributed by atoms with Gasteiger partial charge in [0.1, 0.15) is 5.76 Å². The highest BCUT2D eigenvalue weighted by Gasteiger charge is 2.08. The standard InChI is InChI=1S/C18H17BrN4O3/c1-12-11-16(22-26-12)20-17(24)3-2-10-23-18(25)9-8-15(21-23)13-4-6-14(19)7-5-13/h4-9,11H,2-3,10H2,1H3,(H,20,22,24). The second-order valence-corrected chi connectivity index (χ2v) is 6.68. The summed E-state index contributed by atoms with van der Waals surface area (Å²) in [7, 11) is 0. The van der Waals surface area contributed by atoms with E-state index in [-0.39, 0.29) is 17.9 Å². The van der Waals surface area contributed by atoms with Crippen LogP contribution in [0, 0.1) is 6.92 Å². The molecule has 0 spiro atoms. The number of aromatic nitrogens is 3. The summed E-state index contributed by atoms with van der Waals surface area (Å²) < 4.78 is 7.25. The topological polar surface area (TPSA) is 90.0 Å². The lowest BCUT2D eigenvalue weighted by atomic mass is 10.1. The molecule has 26 heavy (non-hydrogen) atoms. The first-order valence-electron chi connectivity index (χ1n) is 8.08. The van der Waals surface area contributed by atoms with Crippen molar-refractivity contribution in [2.75, 3.05) is 5.32 Å². The normalized spacial score (nSPS) is 10.7. The van der Waals surface area contributed by atoms with Crippen LogP contribution in [-0.4, -0.2) is 20.8 Å². The van der Waals surface area contributed by atoms with Crippen molar-refractivity contribution in [3.05, 3.63) is 63.1 Å². The number of hydrogen-bond donors (Lipinski definition) is 1. The van der Waals surface area contributed by atoms with Crippen LogP contribution in [0.25, 0.3) is 11.3 Å². The summed E-state index contributed by atoms with van der Waals surface area (Å²) in [6.07, 6.45) is 0.738. The summed E-state index contributed by atoms with van der Waals surface area (Å²) >= 11 is 3.39. The van der Waals surface area contributed by atoms with Crippen molar-refractivity contribution >= 4 is 27.7 Å². The summed E-state index contributed by atoms with van der Waals surface area (Å²) in [5.41, 5.74) is 1.43. The number of carbonyl (C=O) groups excluding carboxylic acids is 1. The van der Waals surface area contributed by atoms with Gasteiger partial charge >= 0.3 is 0 Å². The van der Waals surface area contributed by atoms with Crippen molar-refractivity contribution in [2.24, 2.45) is 0 Å². The minimum atomic E-state index is -0.196. The number of anilines is 1. The van der Waals surface area contributed by atoms with Gasteiger partial charge in [0.15, 0.2) is 5.82 Å². The number of nitrogens with one attached hydrogen (secondary N) is 1. The smallest absolute Gasteiger partial charge is 0.266 e. The maximum absolute atomic E-state index is 12.0. The summed E-state index contributed by atoms with van der Waals surface area (Å²) in [5, 5.41) is 10.7. The van der Waals surface area contributed by atoms with E-state index in [2.05, 4.69) is 31.5 Å². The largest absolute Gasteiger partial charge is 0.360 e. The Morgan fingerprint density at radius 1 is 1.23 bits per heavy atom. The van der Waals surface area contributed by atoms with E-state index < -0.39 is 0 Å². The van der Waals surface area contributed by atoms with E-state index in [0.717, 1.165) is 10.0 Å². The van der Waals surface area contributed by atoms with Crippen LogP contribution in [0.1, 0.15) is 18.6 Å². The molecular weight excluding hydrogens is 400 g/mol. The minimum Gasteiger partial charge on any atom is -0.360 e. The van der Waals surface area contributed by atoms with Crippen LogP contribution < -0.4 is 10.9 Å². The first-order valence-corrected chi connectivity index (χ1v) is 8.88. The van der Waals surface area contributed by atoms with E-state index in [1.807, 2.05) is 24.3 Å². The van der Waals surface area contributed by atoms with Gasteiger partial charge < -0.3 is 9.84 Å². The van der Waals surface area contributed by atoms with Gasteiger partial charge in [-0.3, -0.25) is 9.59 Å². The molecule has 2 aromatic heterocycles. The van der Waals surface area contributed by atoms with Gasteiger partial charge in [0.05, 0.1) is 5.69 Å². The highest BCUT2D eigenvalue weighted by Crippen LogP contribution is 2.18. The van der Waals surface area contributed by atoms with E-state index >= 15 is 0 Å². The maximum Gasteiger partial charge on any atom is 0.266 e. The van der Waals surface area contributed by atoms with E-state index in [0.29, 0.717) is 30.2 Å². The van der Waals surface area contributed by atoms with Crippen LogP contribution in [-0.2, 0) is 11.3 Å². The summed E-state index contributed by atoms with van der Waals surface area (Å²) in [6, 6.07) is 12.5. The lowest BCUT2D eigenvalue weighted by Crippen LogP contribution is -2.23. The van der Waals surface area contributed by atoms with Gasteiger partial charge in [0, 0.05) is 35.1 Å². The number of carbonyl (C=O) groups is 1. The molecule has 0 radical (unpaired) electrons. The predicted octanol–water partition coefficient (Wildman–Crippen LogP) is 3.39. The number of benzene rings is 1. The molecule has 0 aliphatic rings.